The summed E-state index contributed by atoms with van der Waals surface area (Å²) in [6.45, 7) is 10.1. The maximum atomic E-state index is 4.20. The van der Waals surface area contributed by atoms with Gasteiger partial charge in [-0.05, 0) is 26.3 Å². The third kappa shape index (κ3) is 1.50. The molecule has 0 aliphatic heterocycles. The number of allylic oxidation sites excluding steroid dienone is 1. The Hall–Kier alpha value is -1.05. The molecule has 0 aliphatic rings. The van der Waals surface area contributed by atoms with Gasteiger partial charge in [0.1, 0.15) is 5.82 Å². The van der Waals surface area contributed by atoms with Crippen LogP contribution in [-0.2, 0) is 0 Å². The molecule has 1 aromatic rings. The van der Waals surface area contributed by atoms with E-state index in [4.69, 9.17) is 0 Å². The minimum Gasteiger partial charge on any atom is -0.329 e. The van der Waals surface area contributed by atoms with Crippen LogP contribution in [0.2, 0.25) is 0 Å². The first kappa shape index (κ1) is 8.05. The van der Waals surface area contributed by atoms with Crippen molar-refractivity contribution < 1.29 is 0 Å². The minimum absolute atomic E-state index is 0.462. The predicted molar refractivity (Wildman–Crippen MR) is 47.3 cm³/mol. The molecule has 0 N–H and O–H groups in total. The van der Waals surface area contributed by atoms with Gasteiger partial charge in [-0.2, -0.15) is 0 Å². The Morgan fingerprint density at radius 1 is 1.64 bits per heavy atom. The molecule has 0 aliphatic carbocycles. The number of rotatable bonds is 2. The molecule has 11 heavy (non-hydrogen) atoms. The fraction of sp³-hybridized carbons (Fsp3) is 0.444. The molecule has 1 heterocycles. The second kappa shape index (κ2) is 2.91. The summed E-state index contributed by atoms with van der Waals surface area (Å²) in [5.74, 6) is 0.986. The average Bonchev–Trinajstić information content (AvgIpc) is 2.32. The van der Waals surface area contributed by atoms with Crippen molar-refractivity contribution in [1.29, 1.82) is 0 Å². The molecule has 1 aromatic heterocycles. The highest BCUT2D eigenvalue weighted by Gasteiger charge is 2.04. The smallest absolute Gasteiger partial charge is 0.135 e. The van der Waals surface area contributed by atoms with E-state index in [2.05, 4.69) is 30.0 Å². The van der Waals surface area contributed by atoms with Crippen LogP contribution in [0.15, 0.2) is 19.0 Å². The summed E-state index contributed by atoms with van der Waals surface area (Å²) in [5.41, 5.74) is 1.02. The standard InChI is InChI=1S/C9H14N2/c1-7(2)9-10-5-6-11(9)8(3)4/h5-6,8H,1H2,2-4H3. The van der Waals surface area contributed by atoms with Gasteiger partial charge in [0.25, 0.3) is 0 Å². The zero-order chi connectivity index (χ0) is 8.43. The molecular formula is C9H14N2. The maximum absolute atomic E-state index is 4.20. The van der Waals surface area contributed by atoms with E-state index < -0.39 is 0 Å². The molecule has 2 nitrogen and oxygen atoms in total. The molecule has 2 heteroatoms. The number of imidazole rings is 1. The van der Waals surface area contributed by atoms with Crippen molar-refractivity contribution >= 4 is 5.57 Å². The normalized spacial score (nSPS) is 10.5. The third-order valence-electron chi connectivity index (χ3n) is 1.61. The predicted octanol–water partition coefficient (Wildman–Crippen LogP) is 2.50. The van der Waals surface area contributed by atoms with Gasteiger partial charge in [0.2, 0.25) is 0 Å². The maximum Gasteiger partial charge on any atom is 0.135 e. The van der Waals surface area contributed by atoms with E-state index in [1.807, 2.05) is 19.3 Å². The van der Waals surface area contributed by atoms with E-state index in [0.717, 1.165) is 11.4 Å². The van der Waals surface area contributed by atoms with Crippen LogP contribution < -0.4 is 0 Å². The molecular weight excluding hydrogens is 136 g/mol. The van der Waals surface area contributed by atoms with Gasteiger partial charge in [-0.25, -0.2) is 4.98 Å². The van der Waals surface area contributed by atoms with Crippen molar-refractivity contribution in [2.45, 2.75) is 26.8 Å². The first-order chi connectivity index (χ1) is 5.13. The highest BCUT2D eigenvalue weighted by molar-refractivity contribution is 5.54. The summed E-state index contributed by atoms with van der Waals surface area (Å²) in [7, 11) is 0. The Balaban J connectivity index is 3.06. The van der Waals surface area contributed by atoms with Crippen molar-refractivity contribution in [3.05, 3.63) is 24.8 Å². The molecule has 0 unspecified atom stereocenters. The van der Waals surface area contributed by atoms with Gasteiger partial charge >= 0.3 is 0 Å². The largest absolute Gasteiger partial charge is 0.329 e. The van der Waals surface area contributed by atoms with Gasteiger partial charge in [-0.3, -0.25) is 0 Å². The summed E-state index contributed by atoms with van der Waals surface area (Å²) >= 11 is 0. The van der Waals surface area contributed by atoms with Crippen molar-refractivity contribution in [3.8, 4) is 0 Å². The number of hydrogen-bond acceptors (Lipinski definition) is 1. The third-order valence-corrected chi connectivity index (χ3v) is 1.61. The molecule has 0 fully saturated rings. The second-order valence-electron chi connectivity index (χ2n) is 3.03. The fourth-order valence-electron chi connectivity index (χ4n) is 1.06. The Morgan fingerprint density at radius 2 is 2.27 bits per heavy atom. The SMILES string of the molecule is C=C(C)c1nccn1C(C)C. The molecule has 0 bridgehead atoms. The number of aromatic nitrogens is 2. The van der Waals surface area contributed by atoms with Gasteiger partial charge in [-0.15, -0.1) is 0 Å². The van der Waals surface area contributed by atoms with Crippen molar-refractivity contribution in [3.63, 3.8) is 0 Å². The summed E-state index contributed by atoms with van der Waals surface area (Å²) < 4.78 is 2.11. The lowest BCUT2D eigenvalue weighted by atomic mass is 10.3. The van der Waals surface area contributed by atoms with Gasteiger partial charge in [0, 0.05) is 18.4 Å². The number of hydrogen-bond donors (Lipinski definition) is 0. The van der Waals surface area contributed by atoms with E-state index in [0.29, 0.717) is 6.04 Å². The van der Waals surface area contributed by atoms with E-state index in [1.165, 1.54) is 0 Å². The molecule has 1 rings (SSSR count). The van der Waals surface area contributed by atoms with Crippen molar-refractivity contribution in [2.24, 2.45) is 0 Å². The number of nitrogens with zero attached hydrogens (tertiary/aromatic N) is 2. The molecule has 0 atom stereocenters. The molecule has 0 aromatic carbocycles. The molecule has 0 spiro atoms. The van der Waals surface area contributed by atoms with Crippen LogP contribution in [0, 0.1) is 0 Å². The Labute approximate surface area is 67.6 Å². The summed E-state index contributed by atoms with van der Waals surface area (Å²) in [5, 5.41) is 0. The molecule has 0 amide bonds. The van der Waals surface area contributed by atoms with Crippen molar-refractivity contribution in [2.75, 3.05) is 0 Å². The highest BCUT2D eigenvalue weighted by atomic mass is 15.1. The topological polar surface area (TPSA) is 17.8 Å². The molecule has 60 valence electrons. The van der Waals surface area contributed by atoms with E-state index in [-0.39, 0.29) is 0 Å². The highest BCUT2D eigenvalue weighted by Crippen LogP contribution is 2.13. The van der Waals surface area contributed by atoms with Gasteiger partial charge in [-0.1, -0.05) is 6.58 Å². The second-order valence-corrected chi connectivity index (χ2v) is 3.03. The van der Waals surface area contributed by atoms with Crippen LogP contribution >= 0.6 is 0 Å². The summed E-state index contributed by atoms with van der Waals surface area (Å²) in [4.78, 5) is 4.20. The van der Waals surface area contributed by atoms with Gasteiger partial charge in [0.05, 0.1) is 0 Å². The molecule has 0 radical (unpaired) electrons. The van der Waals surface area contributed by atoms with E-state index in [9.17, 15) is 0 Å². The summed E-state index contributed by atoms with van der Waals surface area (Å²) in [6, 6.07) is 0.462. The van der Waals surface area contributed by atoms with Crippen molar-refractivity contribution in [1.82, 2.24) is 9.55 Å². The first-order valence-electron chi connectivity index (χ1n) is 3.81. The monoisotopic (exact) mass is 150 g/mol. The summed E-state index contributed by atoms with van der Waals surface area (Å²) in [6.07, 6.45) is 3.79. The quantitative estimate of drug-likeness (QED) is 0.633. The average molecular weight is 150 g/mol. The lowest BCUT2D eigenvalue weighted by molar-refractivity contribution is 0.592. The van der Waals surface area contributed by atoms with Gasteiger partial charge < -0.3 is 4.57 Å². The van der Waals surface area contributed by atoms with Crippen LogP contribution in [0.25, 0.3) is 5.57 Å². The fourth-order valence-corrected chi connectivity index (χ4v) is 1.06. The van der Waals surface area contributed by atoms with Crippen LogP contribution in [-0.4, -0.2) is 9.55 Å². The Kier molecular flexibility index (Phi) is 2.13. The lowest BCUT2D eigenvalue weighted by Crippen LogP contribution is -2.03. The molecule has 0 saturated carbocycles. The lowest BCUT2D eigenvalue weighted by Gasteiger charge is -2.10. The molecule has 0 saturated heterocycles. The van der Waals surface area contributed by atoms with Crippen LogP contribution in [0.4, 0.5) is 0 Å². The zero-order valence-corrected chi connectivity index (χ0v) is 7.33. The Morgan fingerprint density at radius 3 is 2.64 bits per heavy atom. The van der Waals surface area contributed by atoms with Crippen LogP contribution in [0.1, 0.15) is 32.6 Å². The first-order valence-corrected chi connectivity index (χ1v) is 3.81. The van der Waals surface area contributed by atoms with Gasteiger partial charge in [0.15, 0.2) is 0 Å². The van der Waals surface area contributed by atoms with Crippen LogP contribution in [0.3, 0.4) is 0 Å². The van der Waals surface area contributed by atoms with E-state index >= 15 is 0 Å². The van der Waals surface area contributed by atoms with E-state index in [1.54, 1.807) is 0 Å². The zero-order valence-electron chi connectivity index (χ0n) is 7.33. The minimum atomic E-state index is 0.462. The van der Waals surface area contributed by atoms with Crippen LogP contribution in [0.5, 0.6) is 0 Å². The Bertz CT molecular complexity index is 258.